The number of aromatic nitrogens is 1. The average Bonchev–Trinajstić information content (AvgIpc) is 2.79. The minimum atomic E-state index is -0.308. The van der Waals surface area contributed by atoms with Crippen molar-refractivity contribution in [1.82, 2.24) is 4.57 Å². The number of carbonyl (C=O) groups excluding carboxylic acids is 1. The van der Waals surface area contributed by atoms with Gasteiger partial charge in [-0.1, -0.05) is 0 Å². The van der Waals surface area contributed by atoms with Gasteiger partial charge in [0.2, 0.25) is 0 Å². The molecule has 0 N–H and O–H groups in total. The van der Waals surface area contributed by atoms with E-state index in [2.05, 4.69) is 0 Å². The van der Waals surface area contributed by atoms with Crippen molar-refractivity contribution >= 4 is 11.9 Å². The zero-order valence-electron chi connectivity index (χ0n) is 12.1. The summed E-state index contributed by atoms with van der Waals surface area (Å²) in [4.78, 5) is 24.3. The first-order valence-electron chi connectivity index (χ1n) is 6.36. The summed E-state index contributed by atoms with van der Waals surface area (Å²) in [5.41, 5.74) is 1.45. The Labute approximate surface area is 117 Å². The number of carbonyl (C=O) groups is 1. The molecule has 2 rings (SSSR count). The van der Waals surface area contributed by atoms with Gasteiger partial charge < -0.3 is 8.98 Å². The number of hydrogen-bond acceptors (Lipinski definition) is 3. The molecule has 0 amide bonds. The second kappa shape index (κ2) is 5.33. The number of aryl methyl sites for hydroxylation is 3. The fourth-order valence-electron chi connectivity index (χ4n) is 2.06. The monoisotopic (exact) mass is 271 g/mol. The van der Waals surface area contributed by atoms with Gasteiger partial charge in [0, 0.05) is 12.7 Å². The molecule has 0 aromatic carbocycles. The van der Waals surface area contributed by atoms with Gasteiger partial charge in [0.15, 0.2) is 5.78 Å². The van der Waals surface area contributed by atoms with Crippen LogP contribution in [0.15, 0.2) is 33.5 Å². The Morgan fingerprint density at radius 3 is 2.55 bits per heavy atom. The van der Waals surface area contributed by atoms with Crippen LogP contribution >= 0.6 is 0 Å². The highest BCUT2D eigenvalue weighted by molar-refractivity contribution is 6.07. The van der Waals surface area contributed by atoms with Crippen LogP contribution in [0.3, 0.4) is 0 Å². The maximum Gasteiger partial charge on any atom is 0.261 e. The quantitative estimate of drug-likeness (QED) is 0.637. The van der Waals surface area contributed by atoms with Gasteiger partial charge in [-0.15, -0.1) is 0 Å². The van der Waals surface area contributed by atoms with Gasteiger partial charge in [-0.3, -0.25) is 9.59 Å². The van der Waals surface area contributed by atoms with Crippen LogP contribution in [0.2, 0.25) is 0 Å². The third-order valence-corrected chi connectivity index (χ3v) is 3.27. The molecule has 0 spiro atoms. The molecule has 0 saturated heterocycles. The summed E-state index contributed by atoms with van der Waals surface area (Å²) in [5, 5.41) is 0. The second-order valence-corrected chi connectivity index (χ2v) is 4.85. The average molecular weight is 271 g/mol. The molecule has 2 heterocycles. The standard InChI is InChI=1S/C16H17NO3/c1-10-9-11(2)17(4)16(19)15(10)14(18)8-7-13-6-5-12(3)20-13/h5-9H,1-4H3/b8-7+. The number of furan rings is 1. The predicted octanol–water partition coefficient (Wildman–Crippen LogP) is 2.80. The van der Waals surface area contributed by atoms with Crippen molar-refractivity contribution in [1.29, 1.82) is 0 Å². The maximum absolute atomic E-state index is 12.2. The van der Waals surface area contributed by atoms with Crippen LogP contribution in [-0.2, 0) is 7.05 Å². The molecule has 0 unspecified atom stereocenters. The Balaban J connectivity index is 2.37. The van der Waals surface area contributed by atoms with Crippen molar-refractivity contribution in [3.05, 3.63) is 63.0 Å². The highest BCUT2D eigenvalue weighted by Crippen LogP contribution is 2.11. The van der Waals surface area contributed by atoms with Crippen molar-refractivity contribution in [2.75, 3.05) is 0 Å². The molecule has 0 saturated carbocycles. The van der Waals surface area contributed by atoms with Gasteiger partial charge in [0.1, 0.15) is 11.5 Å². The highest BCUT2D eigenvalue weighted by atomic mass is 16.3. The van der Waals surface area contributed by atoms with Crippen molar-refractivity contribution in [3.63, 3.8) is 0 Å². The van der Waals surface area contributed by atoms with Gasteiger partial charge in [-0.25, -0.2) is 0 Å². The third-order valence-electron chi connectivity index (χ3n) is 3.27. The lowest BCUT2D eigenvalue weighted by Gasteiger charge is -2.08. The summed E-state index contributed by atoms with van der Waals surface area (Å²) < 4.78 is 6.83. The zero-order valence-corrected chi connectivity index (χ0v) is 12.1. The lowest BCUT2D eigenvalue weighted by molar-refractivity contribution is 0.104. The van der Waals surface area contributed by atoms with Crippen LogP contribution in [0, 0.1) is 20.8 Å². The molecular weight excluding hydrogens is 254 g/mol. The summed E-state index contributed by atoms with van der Waals surface area (Å²) in [6.45, 7) is 5.44. The summed E-state index contributed by atoms with van der Waals surface area (Å²) in [5.74, 6) is 1.06. The van der Waals surface area contributed by atoms with Crippen LogP contribution in [0.4, 0.5) is 0 Å². The predicted molar refractivity (Wildman–Crippen MR) is 78.0 cm³/mol. The van der Waals surface area contributed by atoms with Gasteiger partial charge in [-0.2, -0.15) is 0 Å². The smallest absolute Gasteiger partial charge is 0.261 e. The summed E-state index contributed by atoms with van der Waals surface area (Å²) in [6.07, 6.45) is 2.95. The molecule has 2 aromatic rings. The number of rotatable bonds is 3. The fraction of sp³-hybridized carbons (Fsp3) is 0.250. The van der Waals surface area contributed by atoms with Crippen LogP contribution in [-0.4, -0.2) is 10.4 Å². The SMILES string of the molecule is Cc1ccc(/C=C/C(=O)c2c(C)cc(C)n(C)c2=O)o1. The molecule has 0 fully saturated rings. The zero-order chi connectivity index (χ0) is 14.9. The Bertz CT molecular complexity index is 748. The Morgan fingerprint density at radius 2 is 1.95 bits per heavy atom. The molecule has 0 aliphatic rings. The summed E-state index contributed by atoms with van der Waals surface area (Å²) in [6, 6.07) is 5.43. The van der Waals surface area contributed by atoms with E-state index >= 15 is 0 Å². The van der Waals surface area contributed by atoms with Gasteiger partial charge in [0.05, 0.1) is 5.56 Å². The minimum Gasteiger partial charge on any atom is -0.462 e. The highest BCUT2D eigenvalue weighted by Gasteiger charge is 2.13. The Hall–Kier alpha value is -2.36. The van der Waals surface area contributed by atoms with Gasteiger partial charge in [-0.05, 0) is 56.7 Å². The summed E-state index contributed by atoms with van der Waals surface area (Å²) in [7, 11) is 1.66. The Morgan fingerprint density at radius 1 is 1.25 bits per heavy atom. The largest absolute Gasteiger partial charge is 0.462 e. The van der Waals surface area contributed by atoms with E-state index in [1.165, 1.54) is 10.6 Å². The van der Waals surface area contributed by atoms with Gasteiger partial charge >= 0.3 is 0 Å². The first-order valence-corrected chi connectivity index (χ1v) is 6.36. The molecule has 104 valence electrons. The summed E-state index contributed by atoms with van der Waals surface area (Å²) >= 11 is 0. The molecule has 0 atom stereocenters. The first kappa shape index (κ1) is 14.1. The number of ketones is 1. The molecule has 4 nitrogen and oxygen atoms in total. The number of allylic oxidation sites excluding steroid dienone is 1. The van der Waals surface area contributed by atoms with E-state index in [1.54, 1.807) is 26.1 Å². The third kappa shape index (κ3) is 2.64. The van der Waals surface area contributed by atoms with Crippen molar-refractivity contribution in [3.8, 4) is 0 Å². The lowest BCUT2D eigenvalue weighted by atomic mass is 10.1. The molecule has 4 heteroatoms. The van der Waals surface area contributed by atoms with E-state index in [0.717, 1.165) is 11.5 Å². The number of hydrogen-bond donors (Lipinski definition) is 0. The molecule has 0 aliphatic heterocycles. The van der Waals surface area contributed by atoms with E-state index in [9.17, 15) is 9.59 Å². The van der Waals surface area contributed by atoms with Crippen molar-refractivity contribution in [2.24, 2.45) is 7.05 Å². The second-order valence-electron chi connectivity index (χ2n) is 4.85. The van der Waals surface area contributed by atoms with E-state index < -0.39 is 0 Å². The molecule has 0 aliphatic carbocycles. The van der Waals surface area contributed by atoms with Crippen LogP contribution in [0.1, 0.15) is 33.1 Å². The van der Waals surface area contributed by atoms with Crippen LogP contribution < -0.4 is 5.56 Å². The normalized spacial score (nSPS) is 11.2. The fourth-order valence-corrected chi connectivity index (χ4v) is 2.06. The molecule has 0 bridgehead atoms. The minimum absolute atomic E-state index is 0.206. The van der Waals surface area contributed by atoms with E-state index in [-0.39, 0.29) is 16.9 Å². The lowest BCUT2D eigenvalue weighted by Crippen LogP contribution is -2.26. The topological polar surface area (TPSA) is 52.2 Å². The van der Waals surface area contributed by atoms with E-state index in [0.29, 0.717) is 11.3 Å². The van der Waals surface area contributed by atoms with Crippen LogP contribution in [0.5, 0.6) is 0 Å². The molecular formula is C16H17NO3. The van der Waals surface area contributed by atoms with E-state index in [4.69, 9.17) is 4.42 Å². The van der Waals surface area contributed by atoms with Crippen LogP contribution in [0.25, 0.3) is 6.08 Å². The number of pyridine rings is 1. The molecule has 0 radical (unpaired) electrons. The first-order chi connectivity index (χ1) is 9.40. The Kier molecular flexibility index (Phi) is 3.74. The number of nitrogens with zero attached hydrogens (tertiary/aromatic N) is 1. The van der Waals surface area contributed by atoms with E-state index in [1.807, 2.05) is 26.0 Å². The molecule has 20 heavy (non-hydrogen) atoms. The van der Waals surface area contributed by atoms with Gasteiger partial charge in [0.25, 0.3) is 5.56 Å². The molecule has 2 aromatic heterocycles. The van der Waals surface area contributed by atoms with Crippen molar-refractivity contribution in [2.45, 2.75) is 20.8 Å². The van der Waals surface area contributed by atoms with Crippen molar-refractivity contribution < 1.29 is 9.21 Å². The maximum atomic E-state index is 12.2.